The average Bonchev–Trinajstić information content (AvgIpc) is 3.14. The quantitative estimate of drug-likeness (QED) is 0.279. The van der Waals surface area contributed by atoms with Gasteiger partial charge in [-0.3, -0.25) is 0 Å². The lowest BCUT2D eigenvalue weighted by atomic mass is 10.1. The van der Waals surface area contributed by atoms with Crippen molar-refractivity contribution in [1.29, 1.82) is 0 Å². The maximum Gasteiger partial charge on any atom is 0.289 e. The predicted molar refractivity (Wildman–Crippen MR) is 114 cm³/mol. The highest BCUT2D eigenvalue weighted by Gasteiger charge is 2.25. The Labute approximate surface area is 163 Å². The first-order valence-electron chi connectivity index (χ1n) is 8.30. The lowest BCUT2D eigenvalue weighted by Gasteiger charge is -2.13. The van der Waals surface area contributed by atoms with Crippen LogP contribution in [0.25, 0.3) is 11.5 Å². The highest BCUT2D eigenvalue weighted by atomic mass is 32.1. The van der Waals surface area contributed by atoms with E-state index in [2.05, 4.69) is 25.2 Å². The van der Waals surface area contributed by atoms with Crippen LogP contribution >= 0.6 is 23.6 Å². The number of aliphatic hydroxyl groups is 1. The van der Waals surface area contributed by atoms with Crippen molar-refractivity contribution in [2.45, 2.75) is 20.8 Å². The molecule has 0 unspecified atom stereocenters. The Balaban J connectivity index is 2.08. The van der Waals surface area contributed by atoms with Crippen molar-refractivity contribution >= 4 is 45.7 Å². The summed E-state index contributed by atoms with van der Waals surface area (Å²) in [7, 11) is 0. The molecule has 2 N–H and O–H groups in total. The monoisotopic (exact) mass is 381 g/mol. The molecule has 0 fully saturated rings. The van der Waals surface area contributed by atoms with Crippen LogP contribution in [0.3, 0.4) is 0 Å². The number of aryl methyl sites for hydroxylation is 2. The molecule has 26 heavy (non-hydrogen) atoms. The zero-order chi connectivity index (χ0) is 18.7. The smallest absolute Gasteiger partial charge is 0.289 e. The second-order valence-electron chi connectivity index (χ2n) is 6.16. The van der Waals surface area contributed by atoms with Gasteiger partial charge in [0, 0.05) is 17.3 Å². The Morgan fingerprint density at radius 1 is 1.08 bits per heavy atom. The fourth-order valence-electron chi connectivity index (χ4n) is 2.68. The van der Waals surface area contributed by atoms with Gasteiger partial charge < -0.3 is 10.4 Å². The topological polar surface area (TPSA) is 36.1 Å². The molecule has 0 saturated heterocycles. The van der Waals surface area contributed by atoms with E-state index in [1.807, 2.05) is 65.7 Å². The number of hydrogen-bond acceptors (Lipinski definition) is 3. The molecule has 0 aliphatic heterocycles. The van der Waals surface area contributed by atoms with Crippen LogP contribution in [-0.2, 0) is 0 Å². The highest BCUT2D eigenvalue weighted by Crippen LogP contribution is 2.24. The number of anilines is 1. The molecular formula is C21H21N2OS2+. The first-order valence-corrected chi connectivity index (χ1v) is 9.59. The number of aromatic nitrogens is 1. The molecule has 3 rings (SSSR count). The van der Waals surface area contributed by atoms with Crippen molar-refractivity contribution in [3.05, 3.63) is 81.8 Å². The molecular weight excluding hydrogens is 360 g/mol. The van der Waals surface area contributed by atoms with E-state index in [0.29, 0.717) is 10.7 Å². The SMILES string of the molecule is Cc1ccc[n+](C(C(=S)Nc2cccc(C)c2C)=C(O)c2cccs2)c1. The second-order valence-corrected chi connectivity index (χ2v) is 7.52. The highest BCUT2D eigenvalue weighted by molar-refractivity contribution is 7.81. The summed E-state index contributed by atoms with van der Waals surface area (Å²) in [5.41, 5.74) is 4.92. The van der Waals surface area contributed by atoms with Gasteiger partial charge in [0.15, 0.2) is 17.4 Å². The molecule has 3 aromatic rings. The molecule has 0 radical (unpaired) electrons. The zero-order valence-electron chi connectivity index (χ0n) is 15.0. The van der Waals surface area contributed by atoms with Gasteiger partial charge in [-0.25, -0.2) is 0 Å². The van der Waals surface area contributed by atoms with E-state index < -0.39 is 0 Å². The van der Waals surface area contributed by atoms with Crippen molar-refractivity contribution in [2.75, 3.05) is 5.32 Å². The molecule has 2 heterocycles. The summed E-state index contributed by atoms with van der Waals surface area (Å²) < 4.78 is 1.87. The molecule has 5 heteroatoms. The van der Waals surface area contributed by atoms with E-state index in [9.17, 15) is 5.11 Å². The lowest BCUT2D eigenvalue weighted by molar-refractivity contribution is -0.576. The summed E-state index contributed by atoms with van der Waals surface area (Å²) in [6, 6.07) is 13.8. The number of aliphatic hydroxyl groups excluding tert-OH is 1. The number of rotatable bonds is 4. The van der Waals surface area contributed by atoms with Crippen LogP contribution in [0.15, 0.2) is 60.2 Å². The Morgan fingerprint density at radius 3 is 2.58 bits per heavy atom. The minimum atomic E-state index is 0.165. The van der Waals surface area contributed by atoms with Crippen molar-refractivity contribution in [3.8, 4) is 0 Å². The van der Waals surface area contributed by atoms with Gasteiger partial charge in [-0.2, -0.15) is 4.57 Å². The number of nitrogens with zero attached hydrogens (tertiary/aromatic N) is 1. The fourth-order valence-corrected chi connectivity index (χ4v) is 3.66. The number of nitrogens with one attached hydrogen (secondary N) is 1. The normalized spacial score (nSPS) is 11.8. The van der Waals surface area contributed by atoms with E-state index in [1.165, 1.54) is 16.9 Å². The number of benzene rings is 1. The summed E-state index contributed by atoms with van der Waals surface area (Å²) in [4.78, 5) is 1.25. The number of pyridine rings is 1. The van der Waals surface area contributed by atoms with Gasteiger partial charge in [0.2, 0.25) is 5.76 Å². The Bertz CT molecular complexity index is 975. The van der Waals surface area contributed by atoms with Crippen LogP contribution in [0.2, 0.25) is 0 Å². The third kappa shape index (κ3) is 3.84. The summed E-state index contributed by atoms with van der Waals surface area (Å²) in [5, 5.41) is 16.2. The van der Waals surface area contributed by atoms with Crippen LogP contribution < -0.4 is 9.88 Å². The van der Waals surface area contributed by atoms with E-state index in [4.69, 9.17) is 12.2 Å². The maximum atomic E-state index is 10.9. The van der Waals surface area contributed by atoms with Crippen LogP contribution in [0, 0.1) is 20.8 Å². The van der Waals surface area contributed by atoms with Crippen LogP contribution in [0.5, 0.6) is 0 Å². The Hall–Kier alpha value is -2.50. The van der Waals surface area contributed by atoms with E-state index in [0.717, 1.165) is 21.7 Å². The van der Waals surface area contributed by atoms with Crippen molar-refractivity contribution in [3.63, 3.8) is 0 Å². The fraction of sp³-hybridized carbons (Fsp3) is 0.143. The molecule has 132 valence electrons. The second kappa shape index (κ2) is 7.81. The summed E-state index contributed by atoms with van der Waals surface area (Å²) in [6.07, 6.45) is 3.85. The van der Waals surface area contributed by atoms with E-state index in [-0.39, 0.29) is 5.76 Å². The summed E-state index contributed by atoms with van der Waals surface area (Å²) >= 11 is 7.17. The predicted octanol–water partition coefficient (Wildman–Crippen LogP) is 5.28. The zero-order valence-corrected chi connectivity index (χ0v) is 16.6. The van der Waals surface area contributed by atoms with Crippen LogP contribution in [0.1, 0.15) is 21.6 Å². The first-order chi connectivity index (χ1) is 12.5. The molecule has 3 nitrogen and oxygen atoms in total. The molecule has 0 saturated carbocycles. The van der Waals surface area contributed by atoms with Gasteiger partial charge >= 0.3 is 0 Å². The number of thiophene rings is 1. The van der Waals surface area contributed by atoms with Gasteiger partial charge in [-0.05, 0) is 55.5 Å². The molecule has 0 atom stereocenters. The van der Waals surface area contributed by atoms with Gasteiger partial charge in [0.05, 0.1) is 4.88 Å². The molecule has 0 aliphatic carbocycles. The minimum absolute atomic E-state index is 0.165. The Kier molecular flexibility index (Phi) is 5.49. The van der Waals surface area contributed by atoms with Gasteiger partial charge in [0.25, 0.3) is 5.70 Å². The lowest BCUT2D eigenvalue weighted by Crippen LogP contribution is -2.38. The third-order valence-corrected chi connectivity index (χ3v) is 5.43. The Morgan fingerprint density at radius 2 is 1.88 bits per heavy atom. The summed E-state index contributed by atoms with van der Waals surface area (Å²) in [6.45, 7) is 6.14. The van der Waals surface area contributed by atoms with E-state index >= 15 is 0 Å². The molecule has 0 aliphatic rings. The molecule has 2 aromatic heterocycles. The standard InChI is InChI=1S/C21H20N2OS2/c1-14-7-5-11-23(13-14)19(20(24)18-10-6-12-26-18)21(25)22-17-9-4-8-15(2)16(17)3/h4-13H,1-3H3,(H-,22,24,25)/p+1. The van der Waals surface area contributed by atoms with Gasteiger partial charge in [-0.15, -0.1) is 11.3 Å². The van der Waals surface area contributed by atoms with Crippen molar-refractivity contribution in [1.82, 2.24) is 0 Å². The van der Waals surface area contributed by atoms with Crippen LogP contribution in [-0.4, -0.2) is 10.1 Å². The van der Waals surface area contributed by atoms with Crippen molar-refractivity contribution in [2.24, 2.45) is 0 Å². The molecule has 0 spiro atoms. The van der Waals surface area contributed by atoms with Gasteiger partial charge in [-0.1, -0.05) is 30.4 Å². The maximum absolute atomic E-state index is 10.9. The van der Waals surface area contributed by atoms with Crippen molar-refractivity contribution < 1.29 is 9.67 Å². The van der Waals surface area contributed by atoms with E-state index in [1.54, 1.807) is 0 Å². The largest absolute Gasteiger partial charge is 0.501 e. The molecule has 1 aromatic carbocycles. The number of hydrogen-bond donors (Lipinski definition) is 2. The van der Waals surface area contributed by atoms with Gasteiger partial charge in [0.1, 0.15) is 0 Å². The third-order valence-electron chi connectivity index (χ3n) is 4.25. The average molecular weight is 382 g/mol. The molecule has 0 bridgehead atoms. The number of thiocarbonyl (C=S) groups is 1. The summed E-state index contributed by atoms with van der Waals surface area (Å²) in [5.74, 6) is 0.165. The van der Waals surface area contributed by atoms with Crippen LogP contribution in [0.4, 0.5) is 5.69 Å². The first kappa shape index (κ1) is 18.3. The minimum Gasteiger partial charge on any atom is -0.501 e. The molecule has 0 amide bonds.